The Bertz CT molecular complexity index is 974. The predicted octanol–water partition coefficient (Wildman–Crippen LogP) is 1.19. The normalized spacial score (nSPS) is 19.2. The average molecular weight is 404 g/mol. The van der Waals surface area contributed by atoms with Crippen LogP contribution in [0.25, 0.3) is 0 Å². The fourth-order valence-electron chi connectivity index (χ4n) is 3.21. The molecule has 2 amide bonds. The molecule has 2 heterocycles. The molecule has 2 atom stereocenters. The molecule has 1 fully saturated rings. The summed E-state index contributed by atoms with van der Waals surface area (Å²) in [6.45, 7) is 1.38. The first-order valence-corrected chi connectivity index (χ1v) is 8.80. The van der Waals surface area contributed by atoms with Crippen molar-refractivity contribution >= 4 is 23.5 Å². The van der Waals surface area contributed by atoms with Crippen LogP contribution in [0.2, 0.25) is 0 Å². The maximum atomic E-state index is 13.8. The van der Waals surface area contributed by atoms with Gasteiger partial charge in [-0.2, -0.15) is 5.10 Å². The van der Waals surface area contributed by atoms with E-state index in [-0.39, 0.29) is 23.9 Å². The summed E-state index contributed by atoms with van der Waals surface area (Å²) in [4.78, 5) is 38.5. The van der Waals surface area contributed by atoms with Crippen molar-refractivity contribution in [2.75, 3.05) is 26.1 Å². The molecule has 1 aromatic carbocycles. The van der Waals surface area contributed by atoms with Crippen molar-refractivity contribution in [2.24, 2.45) is 7.05 Å². The number of likely N-dealkylation sites (N-methyl/N-ethyl adjacent to an activating group) is 1. The second kappa shape index (κ2) is 8.00. The monoisotopic (exact) mass is 404 g/mol. The van der Waals surface area contributed by atoms with E-state index in [1.165, 1.54) is 41.9 Å². The Kier molecular flexibility index (Phi) is 5.64. The highest BCUT2D eigenvalue weighted by molar-refractivity contribution is 6.02. The zero-order valence-electron chi connectivity index (χ0n) is 16.4. The summed E-state index contributed by atoms with van der Waals surface area (Å²) >= 11 is 0. The summed E-state index contributed by atoms with van der Waals surface area (Å²) in [5.41, 5.74) is 1.08. The number of amides is 2. The number of anilines is 1. The Morgan fingerprint density at radius 1 is 1.34 bits per heavy atom. The molecule has 1 saturated heterocycles. The topological polar surface area (TPSA) is 103 Å². The van der Waals surface area contributed by atoms with E-state index in [1.54, 1.807) is 20.0 Å². The van der Waals surface area contributed by atoms with Crippen LogP contribution in [0.5, 0.6) is 0 Å². The number of aromatic nitrogens is 2. The Morgan fingerprint density at radius 3 is 2.72 bits per heavy atom. The van der Waals surface area contributed by atoms with Gasteiger partial charge in [0.05, 0.1) is 24.5 Å². The molecule has 0 spiro atoms. The lowest BCUT2D eigenvalue weighted by Gasteiger charge is -2.38. The molecule has 0 saturated carbocycles. The summed E-state index contributed by atoms with van der Waals surface area (Å²) in [6.07, 6.45) is -1.12. The van der Waals surface area contributed by atoms with Crippen LogP contribution in [-0.4, -0.2) is 59.3 Å². The highest BCUT2D eigenvalue weighted by Gasteiger charge is 2.41. The Balaban J connectivity index is 1.95. The van der Waals surface area contributed by atoms with Gasteiger partial charge < -0.3 is 19.7 Å². The molecule has 3 rings (SSSR count). The van der Waals surface area contributed by atoms with Crippen molar-refractivity contribution in [2.45, 2.75) is 19.1 Å². The van der Waals surface area contributed by atoms with Crippen LogP contribution in [0.15, 0.2) is 24.3 Å². The van der Waals surface area contributed by atoms with Crippen LogP contribution in [0.1, 0.15) is 27.8 Å². The van der Waals surface area contributed by atoms with Crippen molar-refractivity contribution in [3.63, 3.8) is 0 Å². The lowest BCUT2D eigenvalue weighted by atomic mass is 9.97. The number of halogens is 1. The molecule has 0 radical (unpaired) electrons. The number of ether oxygens (including phenoxy) is 2. The van der Waals surface area contributed by atoms with Gasteiger partial charge in [-0.15, -0.1) is 0 Å². The number of esters is 1. The smallest absolute Gasteiger partial charge is 0.360 e. The molecule has 1 aliphatic heterocycles. The molecule has 29 heavy (non-hydrogen) atoms. The molecule has 9 nitrogen and oxygen atoms in total. The number of hydrogen-bond donors (Lipinski definition) is 1. The van der Waals surface area contributed by atoms with Gasteiger partial charge in [0.25, 0.3) is 5.91 Å². The minimum absolute atomic E-state index is 0.0524. The van der Waals surface area contributed by atoms with Crippen molar-refractivity contribution in [1.29, 1.82) is 0 Å². The fraction of sp³-hybridized carbons (Fsp3) is 0.368. The van der Waals surface area contributed by atoms with E-state index in [9.17, 15) is 18.8 Å². The second-order valence-electron chi connectivity index (χ2n) is 6.65. The molecule has 2 aromatic rings. The standard InChI is InChI=1S/C19H21FN4O5/c1-10-14(15(19(27)28-4)22-24(10)3)21-18(26)17-16(23(2)13(25)9-29-17)11-6-5-7-12(20)8-11/h5-8,16-17H,9H2,1-4H3,(H,21,26). The second-order valence-corrected chi connectivity index (χ2v) is 6.65. The fourth-order valence-corrected chi connectivity index (χ4v) is 3.21. The number of carbonyl (C=O) groups is 3. The number of nitrogens with one attached hydrogen (secondary N) is 1. The SMILES string of the molecule is COC(=O)c1nn(C)c(C)c1NC(=O)C1OCC(=O)N(C)C1c1cccc(F)c1. The van der Waals surface area contributed by atoms with Crippen LogP contribution < -0.4 is 5.32 Å². The molecule has 10 heteroatoms. The van der Waals surface area contributed by atoms with Crippen molar-refractivity contribution < 1.29 is 28.2 Å². The molecule has 1 aliphatic rings. The van der Waals surface area contributed by atoms with Crippen molar-refractivity contribution in [1.82, 2.24) is 14.7 Å². The largest absolute Gasteiger partial charge is 0.464 e. The van der Waals surface area contributed by atoms with Gasteiger partial charge in [-0.05, 0) is 24.6 Å². The van der Waals surface area contributed by atoms with Crippen molar-refractivity contribution in [3.8, 4) is 0 Å². The lowest BCUT2D eigenvalue weighted by Crippen LogP contribution is -2.51. The third-order valence-electron chi connectivity index (χ3n) is 4.89. The molecule has 154 valence electrons. The lowest BCUT2D eigenvalue weighted by molar-refractivity contribution is -0.160. The Labute approximate surface area is 166 Å². The summed E-state index contributed by atoms with van der Waals surface area (Å²) in [5, 5.41) is 6.72. The minimum Gasteiger partial charge on any atom is -0.464 e. The van der Waals surface area contributed by atoms with Crippen molar-refractivity contribution in [3.05, 3.63) is 47.0 Å². The number of morpholine rings is 1. The zero-order chi connectivity index (χ0) is 21.3. The quantitative estimate of drug-likeness (QED) is 0.768. The van der Waals surface area contributed by atoms with Gasteiger partial charge in [-0.3, -0.25) is 14.3 Å². The van der Waals surface area contributed by atoms with Crippen LogP contribution >= 0.6 is 0 Å². The van der Waals surface area contributed by atoms with Gasteiger partial charge >= 0.3 is 5.97 Å². The van der Waals surface area contributed by atoms with Crippen LogP contribution in [0, 0.1) is 12.7 Å². The predicted molar refractivity (Wildman–Crippen MR) is 99.6 cm³/mol. The summed E-state index contributed by atoms with van der Waals surface area (Å²) < 4.78 is 25.4. The van der Waals surface area contributed by atoms with Crippen LogP contribution in [0.4, 0.5) is 10.1 Å². The van der Waals surface area contributed by atoms with Gasteiger partial charge in [0, 0.05) is 14.1 Å². The van der Waals surface area contributed by atoms with E-state index in [4.69, 9.17) is 9.47 Å². The van der Waals surface area contributed by atoms with Gasteiger partial charge in [0.2, 0.25) is 5.91 Å². The Morgan fingerprint density at radius 2 is 2.07 bits per heavy atom. The van der Waals surface area contributed by atoms with E-state index < -0.39 is 29.8 Å². The van der Waals surface area contributed by atoms with Crippen LogP contribution in [-0.2, 0) is 26.1 Å². The number of aryl methyl sites for hydroxylation is 1. The first-order valence-electron chi connectivity index (χ1n) is 8.80. The maximum Gasteiger partial charge on any atom is 0.360 e. The molecular formula is C19H21FN4O5. The van der Waals surface area contributed by atoms with E-state index in [1.807, 2.05) is 0 Å². The van der Waals surface area contributed by atoms with E-state index in [0.717, 1.165) is 0 Å². The molecule has 1 aromatic heterocycles. The Hall–Kier alpha value is -3.27. The highest BCUT2D eigenvalue weighted by Crippen LogP contribution is 2.31. The van der Waals surface area contributed by atoms with Crippen LogP contribution in [0.3, 0.4) is 0 Å². The third-order valence-corrected chi connectivity index (χ3v) is 4.89. The number of hydrogen-bond acceptors (Lipinski definition) is 6. The number of benzene rings is 1. The summed E-state index contributed by atoms with van der Waals surface area (Å²) in [6, 6.07) is 4.78. The third kappa shape index (κ3) is 3.83. The minimum atomic E-state index is -1.12. The van der Waals surface area contributed by atoms with Gasteiger partial charge in [0.1, 0.15) is 12.4 Å². The van der Waals surface area contributed by atoms with Gasteiger partial charge in [-0.25, -0.2) is 9.18 Å². The summed E-state index contributed by atoms with van der Waals surface area (Å²) in [5.74, 6) is -2.14. The van der Waals surface area contributed by atoms with Gasteiger partial charge in [-0.1, -0.05) is 12.1 Å². The first kappa shape index (κ1) is 20.5. The summed E-state index contributed by atoms with van der Waals surface area (Å²) in [7, 11) is 4.36. The van der Waals surface area contributed by atoms with E-state index in [2.05, 4.69) is 10.4 Å². The van der Waals surface area contributed by atoms with E-state index >= 15 is 0 Å². The maximum absolute atomic E-state index is 13.8. The molecule has 1 N–H and O–H groups in total. The zero-order valence-corrected chi connectivity index (χ0v) is 16.4. The van der Waals surface area contributed by atoms with Gasteiger partial charge in [0.15, 0.2) is 11.8 Å². The number of carbonyl (C=O) groups excluding carboxylic acids is 3. The first-order chi connectivity index (χ1) is 13.7. The molecular weight excluding hydrogens is 383 g/mol. The number of nitrogens with zero attached hydrogens (tertiary/aromatic N) is 3. The highest BCUT2D eigenvalue weighted by atomic mass is 19.1. The molecule has 0 aliphatic carbocycles. The van der Waals surface area contributed by atoms with E-state index in [0.29, 0.717) is 11.3 Å². The number of methoxy groups -OCH3 is 1. The average Bonchev–Trinajstić information content (AvgIpc) is 2.97. The molecule has 2 unspecified atom stereocenters. The molecule has 0 bridgehead atoms. The number of rotatable bonds is 4.